The van der Waals surface area contributed by atoms with E-state index in [9.17, 15) is 9.59 Å². The SMILES string of the molecule is CCOc1ccc(C(C)=O)cc1NC(=O)C(C)C. The van der Waals surface area contributed by atoms with Crippen LogP contribution in [0.3, 0.4) is 0 Å². The Kier molecular flexibility index (Phi) is 4.89. The fourth-order valence-corrected chi connectivity index (χ4v) is 1.41. The molecule has 4 nitrogen and oxygen atoms in total. The molecule has 0 aromatic heterocycles. The Morgan fingerprint density at radius 3 is 2.50 bits per heavy atom. The molecule has 0 heterocycles. The molecule has 0 spiro atoms. The van der Waals surface area contributed by atoms with Gasteiger partial charge in [-0.05, 0) is 32.0 Å². The molecule has 18 heavy (non-hydrogen) atoms. The van der Waals surface area contributed by atoms with Crippen LogP contribution in [-0.4, -0.2) is 18.3 Å². The van der Waals surface area contributed by atoms with Crippen molar-refractivity contribution in [2.24, 2.45) is 5.92 Å². The van der Waals surface area contributed by atoms with Gasteiger partial charge < -0.3 is 10.1 Å². The Balaban J connectivity index is 3.06. The summed E-state index contributed by atoms with van der Waals surface area (Å²) in [6.07, 6.45) is 0. The zero-order valence-corrected chi connectivity index (χ0v) is 11.2. The summed E-state index contributed by atoms with van der Waals surface area (Å²) in [7, 11) is 0. The highest BCUT2D eigenvalue weighted by Crippen LogP contribution is 2.26. The molecule has 0 bridgehead atoms. The number of Topliss-reactive ketones (excluding diaryl/α,β-unsaturated/α-hetero) is 1. The van der Waals surface area contributed by atoms with Gasteiger partial charge in [-0.2, -0.15) is 0 Å². The molecular formula is C14H19NO3. The Bertz CT molecular complexity index is 452. The number of carbonyl (C=O) groups is 2. The molecule has 0 fully saturated rings. The van der Waals surface area contributed by atoms with Crippen molar-refractivity contribution < 1.29 is 14.3 Å². The van der Waals surface area contributed by atoms with Crippen LogP contribution in [0.4, 0.5) is 5.69 Å². The molecule has 0 saturated heterocycles. The van der Waals surface area contributed by atoms with E-state index in [-0.39, 0.29) is 17.6 Å². The van der Waals surface area contributed by atoms with Crippen LogP contribution in [0.25, 0.3) is 0 Å². The van der Waals surface area contributed by atoms with E-state index in [2.05, 4.69) is 5.32 Å². The van der Waals surface area contributed by atoms with Crippen LogP contribution in [0.15, 0.2) is 18.2 Å². The fourth-order valence-electron chi connectivity index (χ4n) is 1.41. The minimum Gasteiger partial charge on any atom is -0.492 e. The topological polar surface area (TPSA) is 55.4 Å². The van der Waals surface area contributed by atoms with Gasteiger partial charge in [0.15, 0.2) is 5.78 Å². The second-order valence-electron chi connectivity index (χ2n) is 4.34. The summed E-state index contributed by atoms with van der Waals surface area (Å²) < 4.78 is 5.43. The molecule has 1 amide bonds. The molecule has 1 aromatic carbocycles. The molecular weight excluding hydrogens is 230 g/mol. The number of rotatable bonds is 5. The average Bonchev–Trinajstić information content (AvgIpc) is 2.31. The zero-order chi connectivity index (χ0) is 13.7. The van der Waals surface area contributed by atoms with Gasteiger partial charge in [-0.15, -0.1) is 0 Å². The van der Waals surface area contributed by atoms with Crippen molar-refractivity contribution in [3.63, 3.8) is 0 Å². The monoisotopic (exact) mass is 249 g/mol. The number of anilines is 1. The van der Waals surface area contributed by atoms with Gasteiger partial charge in [0.25, 0.3) is 0 Å². The van der Waals surface area contributed by atoms with E-state index in [1.807, 2.05) is 20.8 Å². The van der Waals surface area contributed by atoms with Crippen molar-refractivity contribution in [2.75, 3.05) is 11.9 Å². The first-order valence-electron chi connectivity index (χ1n) is 6.04. The van der Waals surface area contributed by atoms with Gasteiger partial charge in [-0.25, -0.2) is 0 Å². The third-order valence-corrected chi connectivity index (χ3v) is 2.47. The predicted octanol–water partition coefficient (Wildman–Crippen LogP) is 2.88. The number of nitrogens with one attached hydrogen (secondary N) is 1. The molecule has 1 aromatic rings. The van der Waals surface area contributed by atoms with E-state index in [4.69, 9.17) is 4.74 Å². The summed E-state index contributed by atoms with van der Waals surface area (Å²) in [6.45, 7) is 7.48. The van der Waals surface area contributed by atoms with Crippen LogP contribution in [0.5, 0.6) is 5.75 Å². The predicted molar refractivity (Wildman–Crippen MR) is 71.1 cm³/mol. The van der Waals surface area contributed by atoms with Crippen LogP contribution in [0.2, 0.25) is 0 Å². The summed E-state index contributed by atoms with van der Waals surface area (Å²) in [5.41, 5.74) is 1.10. The van der Waals surface area contributed by atoms with Crippen molar-refractivity contribution in [3.8, 4) is 5.75 Å². The van der Waals surface area contributed by atoms with E-state index in [1.54, 1.807) is 18.2 Å². The Labute approximate surface area is 107 Å². The number of benzene rings is 1. The molecule has 98 valence electrons. The molecule has 0 aliphatic rings. The second-order valence-corrected chi connectivity index (χ2v) is 4.34. The molecule has 4 heteroatoms. The van der Waals surface area contributed by atoms with Crippen LogP contribution >= 0.6 is 0 Å². The maximum atomic E-state index is 11.7. The summed E-state index contributed by atoms with van der Waals surface area (Å²) in [4.78, 5) is 23.0. The smallest absolute Gasteiger partial charge is 0.227 e. The molecule has 0 aliphatic heterocycles. The highest BCUT2D eigenvalue weighted by Gasteiger charge is 2.12. The van der Waals surface area contributed by atoms with Crippen LogP contribution < -0.4 is 10.1 Å². The van der Waals surface area contributed by atoms with Crippen LogP contribution in [-0.2, 0) is 4.79 Å². The normalized spacial score (nSPS) is 10.3. The standard InChI is InChI=1S/C14H19NO3/c1-5-18-13-7-6-11(10(4)16)8-12(13)15-14(17)9(2)3/h6-9H,5H2,1-4H3,(H,15,17). The number of carbonyl (C=O) groups excluding carboxylic acids is 2. The van der Waals surface area contributed by atoms with E-state index in [1.165, 1.54) is 6.92 Å². The van der Waals surface area contributed by atoms with Crippen molar-refractivity contribution in [1.82, 2.24) is 0 Å². The van der Waals surface area contributed by atoms with Crippen molar-refractivity contribution in [2.45, 2.75) is 27.7 Å². The third-order valence-electron chi connectivity index (χ3n) is 2.47. The third kappa shape index (κ3) is 3.58. The highest BCUT2D eigenvalue weighted by atomic mass is 16.5. The first-order chi connectivity index (χ1) is 8.45. The van der Waals surface area contributed by atoms with Gasteiger partial charge in [0.2, 0.25) is 5.91 Å². The fraction of sp³-hybridized carbons (Fsp3) is 0.429. The average molecular weight is 249 g/mol. The maximum Gasteiger partial charge on any atom is 0.227 e. The molecule has 0 saturated carbocycles. The van der Waals surface area contributed by atoms with Gasteiger partial charge >= 0.3 is 0 Å². The minimum absolute atomic E-state index is 0.0434. The quantitative estimate of drug-likeness (QED) is 0.816. The lowest BCUT2D eigenvalue weighted by atomic mass is 10.1. The van der Waals surface area contributed by atoms with Crippen molar-refractivity contribution in [1.29, 1.82) is 0 Å². The van der Waals surface area contributed by atoms with Crippen LogP contribution in [0.1, 0.15) is 38.1 Å². The Morgan fingerprint density at radius 2 is 2.00 bits per heavy atom. The van der Waals surface area contributed by atoms with E-state index in [0.29, 0.717) is 23.6 Å². The number of hydrogen-bond acceptors (Lipinski definition) is 3. The zero-order valence-electron chi connectivity index (χ0n) is 11.2. The summed E-state index contributed by atoms with van der Waals surface area (Å²) in [6, 6.07) is 5.04. The lowest BCUT2D eigenvalue weighted by Crippen LogP contribution is -2.18. The van der Waals surface area contributed by atoms with Gasteiger partial charge in [-0.3, -0.25) is 9.59 Å². The lowest BCUT2D eigenvalue weighted by molar-refractivity contribution is -0.118. The molecule has 1 N–H and O–H groups in total. The van der Waals surface area contributed by atoms with Crippen molar-refractivity contribution in [3.05, 3.63) is 23.8 Å². The van der Waals surface area contributed by atoms with Gasteiger partial charge in [0.05, 0.1) is 12.3 Å². The Hall–Kier alpha value is -1.84. The maximum absolute atomic E-state index is 11.7. The van der Waals surface area contributed by atoms with E-state index >= 15 is 0 Å². The summed E-state index contributed by atoms with van der Waals surface area (Å²) >= 11 is 0. The van der Waals surface area contributed by atoms with Gasteiger partial charge in [0, 0.05) is 11.5 Å². The van der Waals surface area contributed by atoms with Gasteiger partial charge in [-0.1, -0.05) is 13.8 Å². The first kappa shape index (κ1) is 14.2. The molecule has 0 aliphatic carbocycles. The second kappa shape index (κ2) is 6.19. The first-order valence-corrected chi connectivity index (χ1v) is 6.04. The van der Waals surface area contributed by atoms with E-state index < -0.39 is 0 Å². The highest BCUT2D eigenvalue weighted by molar-refractivity contribution is 5.98. The molecule has 0 radical (unpaired) electrons. The largest absolute Gasteiger partial charge is 0.492 e. The summed E-state index contributed by atoms with van der Waals surface area (Å²) in [5, 5.41) is 2.77. The minimum atomic E-state index is -0.125. The van der Waals surface area contributed by atoms with E-state index in [0.717, 1.165) is 0 Å². The number of hydrogen-bond donors (Lipinski definition) is 1. The molecule has 0 unspecified atom stereocenters. The number of ketones is 1. The molecule has 1 rings (SSSR count). The van der Waals surface area contributed by atoms with Crippen LogP contribution in [0, 0.1) is 5.92 Å². The van der Waals surface area contributed by atoms with Gasteiger partial charge in [0.1, 0.15) is 5.75 Å². The lowest BCUT2D eigenvalue weighted by Gasteiger charge is -2.13. The summed E-state index contributed by atoms with van der Waals surface area (Å²) in [5.74, 6) is 0.312. The molecule has 0 atom stereocenters. The number of ether oxygens (including phenoxy) is 1. The Morgan fingerprint density at radius 1 is 1.33 bits per heavy atom. The van der Waals surface area contributed by atoms with Crippen molar-refractivity contribution >= 4 is 17.4 Å². The number of amides is 1.